The van der Waals surface area contributed by atoms with Crippen molar-refractivity contribution in [1.29, 1.82) is 0 Å². The van der Waals surface area contributed by atoms with Crippen LogP contribution in [-0.4, -0.2) is 23.6 Å². The standard InChI is InChI=1S/C13H22F2O.C2H6/c1-8-4-6-11(7-5-8)9(2)12(14)13(15)10(3)16;1-2/h6,8-10,12-13,16H,4-5,7H2,1-3H3;1-2H3. The first-order chi connectivity index (χ1) is 8.43. The van der Waals surface area contributed by atoms with E-state index in [2.05, 4.69) is 6.92 Å². The number of alkyl halides is 2. The summed E-state index contributed by atoms with van der Waals surface area (Å²) in [6, 6.07) is 0. The third-order valence-electron chi connectivity index (χ3n) is 3.54. The molecule has 0 amide bonds. The second kappa shape index (κ2) is 8.63. The van der Waals surface area contributed by atoms with Gasteiger partial charge >= 0.3 is 0 Å². The predicted octanol–water partition coefficient (Wildman–Crippen LogP) is 4.45. The number of halogens is 2. The highest BCUT2D eigenvalue weighted by Gasteiger charge is 2.32. The highest BCUT2D eigenvalue weighted by Crippen LogP contribution is 2.32. The molecule has 5 atom stereocenters. The number of rotatable bonds is 4. The van der Waals surface area contributed by atoms with Crippen molar-refractivity contribution >= 4 is 0 Å². The lowest BCUT2D eigenvalue weighted by Crippen LogP contribution is -2.34. The number of aliphatic hydroxyl groups excluding tert-OH is 1. The van der Waals surface area contributed by atoms with Crippen molar-refractivity contribution in [3.05, 3.63) is 11.6 Å². The maximum absolute atomic E-state index is 13.7. The summed E-state index contributed by atoms with van der Waals surface area (Å²) in [6.07, 6.45) is 0.289. The van der Waals surface area contributed by atoms with E-state index in [1.54, 1.807) is 6.92 Å². The first-order valence-corrected chi connectivity index (χ1v) is 7.08. The van der Waals surface area contributed by atoms with Crippen LogP contribution in [-0.2, 0) is 0 Å². The van der Waals surface area contributed by atoms with Crippen LogP contribution in [0, 0.1) is 11.8 Å². The predicted molar refractivity (Wildman–Crippen MR) is 73.1 cm³/mol. The zero-order valence-corrected chi connectivity index (χ0v) is 12.3. The number of hydrogen-bond acceptors (Lipinski definition) is 1. The largest absolute Gasteiger partial charge is 0.390 e. The molecule has 3 heteroatoms. The monoisotopic (exact) mass is 262 g/mol. The number of aliphatic hydroxyl groups is 1. The summed E-state index contributed by atoms with van der Waals surface area (Å²) >= 11 is 0. The van der Waals surface area contributed by atoms with Crippen LogP contribution in [0.1, 0.15) is 53.9 Å². The van der Waals surface area contributed by atoms with E-state index < -0.39 is 24.4 Å². The lowest BCUT2D eigenvalue weighted by Gasteiger charge is -2.27. The topological polar surface area (TPSA) is 20.2 Å². The highest BCUT2D eigenvalue weighted by molar-refractivity contribution is 5.12. The van der Waals surface area contributed by atoms with E-state index in [0.717, 1.165) is 24.8 Å². The molecular formula is C15H28F2O. The van der Waals surface area contributed by atoms with Gasteiger partial charge in [0.15, 0.2) is 6.17 Å². The van der Waals surface area contributed by atoms with E-state index in [9.17, 15) is 8.78 Å². The van der Waals surface area contributed by atoms with Crippen molar-refractivity contribution in [3.63, 3.8) is 0 Å². The molecule has 0 aliphatic heterocycles. The fraction of sp³-hybridized carbons (Fsp3) is 0.867. The third kappa shape index (κ3) is 5.05. The quantitative estimate of drug-likeness (QED) is 0.742. The van der Waals surface area contributed by atoms with Crippen LogP contribution < -0.4 is 0 Å². The molecule has 1 rings (SSSR count). The van der Waals surface area contributed by atoms with Gasteiger partial charge in [-0.15, -0.1) is 0 Å². The molecule has 0 spiro atoms. The Morgan fingerprint density at radius 1 is 1.22 bits per heavy atom. The van der Waals surface area contributed by atoms with Gasteiger partial charge in [-0.2, -0.15) is 0 Å². The smallest absolute Gasteiger partial charge is 0.157 e. The summed E-state index contributed by atoms with van der Waals surface area (Å²) in [5.74, 6) is 0.226. The lowest BCUT2D eigenvalue weighted by molar-refractivity contribution is 0.0225. The van der Waals surface area contributed by atoms with E-state index in [1.165, 1.54) is 6.92 Å². The average Bonchev–Trinajstić information content (AvgIpc) is 2.39. The van der Waals surface area contributed by atoms with Gasteiger partial charge in [0, 0.05) is 5.92 Å². The molecule has 108 valence electrons. The van der Waals surface area contributed by atoms with E-state index in [4.69, 9.17) is 5.11 Å². The molecule has 0 saturated heterocycles. The van der Waals surface area contributed by atoms with Gasteiger partial charge in [0.1, 0.15) is 6.17 Å². The molecular weight excluding hydrogens is 234 g/mol. The van der Waals surface area contributed by atoms with E-state index in [0.29, 0.717) is 5.92 Å². The normalized spacial score (nSPS) is 26.2. The molecule has 0 aromatic carbocycles. The minimum atomic E-state index is -1.78. The van der Waals surface area contributed by atoms with Crippen LogP contribution in [0.4, 0.5) is 8.78 Å². The van der Waals surface area contributed by atoms with E-state index in [-0.39, 0.29) is 0 Å². The van der Waals surface area contributed by atoms with Gasteiger partial charge in [0.25, 0.3) is 0 Å². The molecule has 0 aromatic rings. The molecule has 1 aliphatic carbocycles. The molecule has 0 radical (unpaired) electrons. The second-order valence-electron chi connectivity index (χ2n) is 5.08. The Kier molecular flexibility index (Phi) is 8.41. The Balaban J connectivity index is 0.00000137. The van der Waals surface area contributed by atoms with Crippen LogP contribution in [0.2, 0.25) is 0 Å². The Hall–Kier alpha value is -0.440. The molecule has 1 nitrogen and oxygen atoms in total. The first kappa shape index (κ1) is 17.6. The number of hydrogen-bond donors (Lipinski definition) is 1. The summed E-state index contributed by atoms with van der Waals surface area (Å²) < 4.78 is 27.1. The Morgan fingerprint density at radius 2 is 1.78 bits per heavy atom. The Labute approximate surface area is 110 Å². The fourth-order valence-corrected chi connectivity index (χ4v) is 2.15. The van der Waals surface area contributed by atoms with Gasteiger partial charge in [0.05, 0.1) is 6.10 Å². The molecule has 18 heavy (non-hydrogen) atoms. The Bertz CT molecular complexity index is 251. The van der Waals surface area contributed by atoms with Crippen LogP contribution in [0.15, 0.2) is 11.6 Å². The molecule has 0 aromatic heterocycles. The van der Waals surface area contributed by atoms with Crippen molar-refractivity contribution in [1.82, 2.24) is 0 Å². The summed E-state index contributed by atoms with van der Waals surface area (Å²) in [6.45, 7) is 9.17. The molecule has 0 bridgehead atoms. The molecule has 0 heterocycles. The van der Waals surface area contributed by atoms with Gasteiger partial charge < -0.3 is 5.11 Å². The maximum Gasteiger partial charge on any atom is 0.157 e. The van der Waals surface area contributed by atoms with Crippen molar-refractivity contribution in [2.75, 3.05) is 0 Å². The van der Waals surface area contributed by atoms with Crippen LogP contribution in [0.25, 0.3) is 0 Å². The van der Waals surface area contributed by atoms with E-state index in [1.807, 2.05) is 19.9 Å². The zero-order chi connectivity index (χ0) is 14.3. The van der Waals surface area contributed by atoms with Crippen LogP contribution >= 0.6 is 0 Å². The minimum absolute atomic E-state index is 0.419. The summed E-state index contributed by atoms with van der Waals surface area (Å²) in [4.78, 5) is 0. The Morgan fingerprint density at radius 3 is 2.17 bits per heavy atom. The summed E-state index contributed by atoms with van der Waals surface area (Å²) in [5, 5.41) is 9.05. The highest BCUT2D eigenvalue weighted by atomic mass is 19.2. The number of allylic oxidation sites excluding steroid dienone is 2. The lowest BCUT2D eigenvalue weighted by atomic mass is 9.82. The van der Waals surface area contributed by atoms with Crippen molar-refractivity contribution in [2.45, 2.75) is 72.3 Å². The SMILES string of the molecule is CC.CC1CC=C(C(C)C(F)C(F)C(C)O)CC1. The van der Waals surface area contributed by atoms with Gasteiger partial charge in [-0.3, -0.25) is 0 Å². The van der Waals surface area contributed by atoms with Crippen molar-refractivity contribution in [3.8, 4) is 0 Å². The summed E-state index contributed by atoms with van der Waals surface area (Å²) in [5.41, 5.74) is 1.01. The summed E-state index contributed by atoms with van der Waals surface area (Å²) in [7, 11) is 0. The minimum Gasteiger partial charge on any atom is -0.390 e. The molecule has 0 saturated carbocycles. The van der Waals surface area contributed by atoms with E-state index >= 15 is 0 Å². The van der Waals surface area contributed by atoms with Crippen LogP contribution in [0.3, 0.4) is 0 Å². The van der Waals surface area contributed by atoms with Gasteiger partial charge in [0.2, 0.25) is 0 Å². The van der Waals surface area contributed by atoms with Gasteiger partial charge in [-0.05, 0) is 32.1 Å². The van der Waals surface area contributed by atoms with Crippen LogP contribution in [0.5, 0.6) is 0 Å². The molecule has 5 unspecified atom stereocenters. The third-order valence-corrected chi connectivity index (χ3v) is 3.54. The van der Waals surface area contributed by atoms with Crippen molar-refractivity contribution < 1.29 is 13.9 Å². The average molecular weight is 262 g/mol. The molecule has 1 aliphatic rings. The second-order valence-corrected chi connectivity index (χ2v) is 5.08. The zero-order valence-electron chi connectivity index (χ0n) is 12.3. The van der Waals surface area contributed by atoms with Gasteiger partial charge in [-0.1, -0.05) is 39.3 Å². The molecule has 0 fully saturated rings. The molecule has 1 N–H and O–H groups in total. The fourth-order valence-electron chi connectivity index (χ4n) is 2.15. The first-order valence-electron chi connectivity index (χ1n) is 7.08. The van der Waals surface area contributed by atoms with Crippen molar-refractivity contribution in [2.24, 2.45) is 11.8 Å². The van der Waals surface area contributed by atoms with Gasteiger partial charge in [-0.25, -0.2) is 8.78 Å². The maximum atomic E-state index is 13.7.